The average Bonchev–Trinajstić information content (AvgIpc) is 2.80. The number of nitrogens with zero attached hydrogens (tertiary/aromatic N) is 1. The predicted octanol–water partition coefficient (Wildman–Crippen LogP) is 5.45. The molecule has 3 aromatic carbocycles. The SMILES string of the molecule is CCNC(=O)C(Cc1ccccc1)N(Cc1ccccc1Cl)C(=O)Cc1c(F)cccc1Cl. The van der Waals surface area contributed by atoms with Crippen molar-refractivity contribution in [1.29, 1.82) is 0 Å². The standard InChI is InChI=1S/C26H25Cl2FN2O2/c1-2-30-26(33)24(15-18-9-4-3-5-10-18)31(17-19-11-6-7-12-21(19)27)25(32)16-20-22(28)13-8-14-23(20)29/h3-14,24H,2,15-17H2,1H3,(H,30,33). The molecular weight excluding hydrogens is 462 g/mol. The highest BCUT2D eigenvalue weighted by atomic mass is 35.5. The van der Waals surface area contributed by atoms with Gasteiger partial charge in [0.05, 0.1) is 6.42 Å². The molecule has 0 aliphatic heterocycles. The highest BCUT2D eigenvalue weighted by Gasteiger charge is 2.31. The van der Waals surface area contributed by atoms with Crippen molar-refractivity contribution in [2.24, 2.45) is 0 Å². The summed E-state index contributed by atoms with van der Waals surface area (Å²) in [5.74, 6) is -1.28. The molecular formula is C26H25Cl2FN2O2. The molecule has 3 aromatic rings. The maximum absolute atomic E-state index is 14.4. The number of carbonyl (C=O) groups is 2. The van der Waals surface area contributed by atoms with Crippen LogP contribution in [0.15, 0.2) is 72.8 Å². The fraction of sp³-hybridized carbons (Fsp3) is 0.231. The van der Waals surface area contributed by atoms with Crippen molar-refractivity contribution in [3.05, 3.63) is 105 Å². The molecule has 0 spiro atoms. The highest BCUT2D eigenvalue weighted by molar-refractivity contribution is 6.31. The minimum absolute atomic E-state index is 0.0964. The maximum Gasteiger partial charge on any atom is 0.243 e. The van der Waals surface area contributed by atoms with E-state index in [4.69, 9.17) is 23.2 Å². The van der Waals surface area contributed by atoms with E-state index in [1.54, 1.807) is 18.2 Å². The van der Waals surface area contributed by atoms with Crippen LogP contribution >= 0.6 is 23.2 Å². The summed E-state index contributed by atoms with van der Waals surface area (Å²) in [6.45, 7) is 2.33. The molecule has 0 bridgehead atoms. The van der Waals surface area contributed by atoms with E-state index >= 15 is 0 Å². The Morgan fingerprint density at radius 1 is 0.939 bits per heavy atom. The molecule has 0 radical (unpaired) electrons. The van der Waals surface area contributed by atoms with Crippen LogP contribution in [0.2, 0.25) is 10.0 Å². The number of amides is 2. The number of likely N-dealkylation sites (N-methyl/N-ethyl adjacent to an activating group) is 1. The molecule has 1 atom stereocenters. The van der Waals surface area contributed by atoms with E-state index in [1.165, 1.54) is 23.1 Å². The summed E-state index contributed by atoms with van der Waals surface area (Å²) in [6, 6.07) is 20.1. The van der Waals surface area contributed by atoms with E-state index in [0.29, 0.717) is 23.6 Å². The van der Waals surface area contributed by atoms with Gasteiger partial charge in [-0.2, -0.15) is 0 Å². The average molecular weight is 487 g/mol. The summed E-state index contributed by atoms with van der Waals surface area (Å²) in [4.78, 5) is 28.1. The molecule has 0 aromatic heterocycles. The lowest BCUT2D eigenvalue weighted by molar-refractivity contribution is -0.140. The van der Waals surface area contributed by atoms with Crippen LogP contribution in [0.5, 0.6) is 0 Å². The monoisotopic (exact) mass is 486 g/mol. The maximum atomic E-state index is 14.4. The first-order valence-electron chi connectivity index (χ1n) is 10.7. The third-order valence-corrected chi connectivity index (χ3v) is 6.03. The molecule has 0 aliphatic rings. The van der Waals surface area contributed by atoms with Gasteiger partial charge in [-0.15, -0.1) is 0 Å². The first-order chi connectivity index (χ1) is 15.9. The van der Waals surface area contributed by atoms with Gasteiger partial charge in [0, 0.05) is 35.1 Å². The number of carbonyl (C=O) groups excluding carboxylic acids is 2. The molecule has 0 heterocycles. The summed E-state index contributed by atoms with van der Waals surface area (Å²) in [5.41, 5.74) is 1.69. The molecule has 1 unspecified atom stereocenters. The Bertz CT molecular complexity index is 1090. The Hall–Kier alpha value is -2.89. The van der Waals surface area contributed by atoms with Crippen molar-refractivity contribution >= 4 is 35.0 Å². The first kappa shape index (κ1) is 24.7. The van der Waals surface area contributed by atoms with Gasteiger partial charge in [-0.25, -0.2) is 4.39 Å². The van der Waals surface area contributed by atoms with Gasteiger partial charge in [0.2, 0.25) is 11.8 Å². The van der Waals surface area contributed by atoms with Crippen molar-refractivity contribution in [3.63, 3.8) is 0 Å². The second kappa shape index (κ2) is 11.8. The zero-order chi connectivity index (χ0) is 23.8. The van der Waals surface area contributed by atoms with Crippen LogP contribution < -0.4 is 5.32 Å². The van der Waals surface area contributed by atoms with Crippen molar-refractivity contribution in [3.8, 4) is 0 Å². The molecule has 4 nitrogen and oxygen atoms in total. The summed E-state index contributed by atoms with van der Waals surface area (Å²) in [5, 5.41) is 3.47. The molecule has 3 rings (SSSR count). The zero-order valence-corrected chi connectivity index (χ0v) is 19.7. The van der Waals surface area contributed by atoms with Crippen LogP contribution in [0.3, 0.4) is 0 Å². The van der Waals surface area contributed by atoms with Crippen LogP contribution in [0.25, 0.3) is 0 Å². The Balaban J connectivity index is 2.01. The second-order valence-electron chi connectivity index (χ2n) is 7.59. The minimum atomic E-state index is -0.818. The molecule has 2 amide bonds. The van der Waals surface area contributed by atoms with E-state index in [2.05, 4.69) is 5.32 Å². The van der Waals surface area contributed by atoms with Gasteiger partial charge in [0.15, 0.2) is 0 Å². The second-order valence-corrected chi connectivity index (χ2v) is 8.40. The van der Waals surface area contributed by atoms with Crippen LogP contribution in [-0.4, -0.2) is 29.3 Å². The van der Waals surface area contributed by atoms with Gasteiger partial charge in [-0.1, -0.05) is 77.8 Å². The number of hydrogen-bond acceptors (Lipinski definition) is 2. The molecule has 0 aliphatic carbocycles. The summed E-state index contributed by atoms with van der Waals surface area (Å²) in [6.07, 6.45) is 0.0223. The van der Waals surface area contributed by atoms with Crippen molar-refractivity contribution in [1.82, 2.24) is 10.2 Å². The Morgan fingerprint density at radius 3 is 2.27 bits per heavy atom. The van der Waals surface area contributed by atoms with Gasteiger partial charge in [0.25, 0.3) is 0 Å². The Morgan fingerprint density at radius 2 is 1.61 bits per heavy atom. The van der Waals surface area contributed by atoms with Crippen molar-refractivity contribution in [2.45, 2.75) is 32.4 Å². The molecule has 33 heavy (non-hydrogen) atoms. The van der Waals surface area contributed by atoms with Crippen molar-refractivity contribution in [2.75, 3.05) is 6.54 Å². The third-order valence-electron chi connectivity index (χ3n) is 5.31. The van der Waals surface area contributed by atoms with Gasteiger partial charge in [-0.3, -0.25) is 9.59 Å². The smallest absolute Gasteiger partial charge is 0.243 e. The zero-order valence-electron chi connectivity index (χ0n) is 18.2. The van der Waals surface area contributed by atoms with Crippen LogP contribution in [0.1, 0.15) is 23.6 Å². The number of rotatable bonds is 9. The quantitative estimate of drug-likeness (QED) is 0.437. The number of nitrogens with one attached hydrogen (secondary N) is 1. The molecule has 7 heteroatoms. The predicted molar refractivity (Wildman–Crippen MR) is 130 cm³/mol. The number of benzene rings is 3. The summed E-state index contributed by atoms with van der Waals surface area (Å²) >= 11 is 12.5. The normalized spacial score (nSPS) is 11.6. The van der Waals surface area contributed by atoms with E-state index < -0.39 is 17.8 Å². The Kier molecular flexibility index (Phi) is 8.87. The lowest BCUT2D eigenvalue weighted by Crippen LogP contribution is -2.51. The van der Waals surface area contributed by atoms with Gasteiger partial charge >= 0.3 is 0 Å². The van der Waals surface area contributed by atoms with Crippen LogP contribution in [0.4, 0.5) is 4.39 Å². The van der Waals surface area contributed by atoms with E-state index in [0.717, 1.165) is 5.56 Å². The van der Waals surface area contributed by atoms with Crippen molar-refractivity contribution < 1.29 is 14.0 Å². The first-order valence-corrected chi connectivity index (χ1v) is 11.4. The summed E-state index contributed by atoms with van der Waals surface area (Å²) in [7, 11) is 0. The lowest BCUT2D eigenvalue weighted by atomic mass is 10.0. The Labute approximate surface area is 203 Å². The molecule has 172 valence electrons. The lowest BCUT2D eigenvalue weighted by Gasteiger charge is -2.32. The van der Waals surface area contributed by atoms with Gasteiger partial charge in [-0.05, 0) is 36.2 Å². The largest absolute Gasteiger partial charge is 0.355 e. The summed E-state index contributed by atoms with van der Waals surface area (Å²) < 4.78 is 14.4. The highest BCUT2D eigenvalue weighted by Crippen LogP contribution is 2.24. The molecule has 1 N–H and O–H groups in total. The number of halogens is 3. The van der Waals surface area contributed by atoms with Gasteiger partial charge < -0.3 is 10.2 Å². The molecule has 0 fully saturated rings. The fourth-order valence-electron chi connectivity index (χ4n) is 3.61. The van der Waals surface area contributed by atoms with Gasteiger partial charge in [0.1, 0.15) is 11.9 Å². The third kappa shape index (κ3) is 6.56. The topological polar surface area (TPSA) is 49.4 Å². The van der Waals surface area contributed by atoms with E-state index in [-0.39, 0.29) is 29.5 Å². The van der Waals surface area contributed by atoms with Crippen LogP contribution in [-0.2, 0) is 29.0 Å². The van der Waals surface area contributed by atoms with Crippen LogP contribution in [0, 0.1) is 5.82 Å². The fourth-order valence-corrected chi connectivity index (χ4v) is 4.04. The number of hydrogen-bond donors (Lipinski definition) is 1. The minimum Gasteiger partial charge on any atom is -0.355 e. The molecule has 0 saturated carbocycles. The van der Waals surface area contributed by atoms with E-state index in [1.807, 2.05) is 43.3 Å². The van der Waals surface area contributed by atoms with E-state index in [9.17, 15) is 14.0 Å². The molecule has 0 saturated heterocycles.